The van der Waals surface area contributed by atoms with Crippen molar-refractivity contribution in [3.63, 3.8) is 0 Å². The van der Waals surface area contributed by atoms with E-state index >= 15 is 0 Å². The minimum Gasteiger partial charge on any atom is -0.348 e. The van der Waals surface area contributed by atoms with Crippen LogP contribution in [0, 0.1) is 0 Å². The third-order valence-electron chi connectivity index (χ3n) is 4.35. The maximum atomic E-state index is 12.4. The summed E-state index contributed by atoms with van der Waals surface area (Å²) < 4.78 is 0. The highest BCUT2D eigenvalue weighted by atomic mass is 16.2. The van der Waals surface area contributed by atoms with Gasteiger partial charge in [-0.05, 0) is 32.0 Å². The van der Waals surface area contributed by atoms with Gasteiger partial charge in [0.25, 0.3) is 5.91 Å². The molecule has 5 heteroatoms. The van der Waals surface area contributed by atoms with Crippen LogP contribution in [0.1, 0.15) is 29.0 Å². The highest BCUT2D eigenvalue weighted by molar-refractivity contribution is 5.94. The lowest BCUT2D eigenvalue weighted by molar-refractivity contribution is 0.0637. The Bertz CT molecular complexity index is 588. The second-order valence-corrected chi connectivity index (χ2v) is 5.84. The number of hydrogen-bond donors (Lipinski definition) is 1. The van der Waals surface area contributed by atoms with Gasteiger partial charge < -0.3 is 9.88 Å². The van der Waals surface area contributed by atoms with E-state index in [1.807, 2.05) is 41.4 Å². The summed E-state index contributed by atoms with van der Waals surface area (Å²) in [5.74, 6) is 1.14. The monoisotopic (exact) mass is 298 g/mol. The standard InChI is InChI=1S/C17H22N4O/c1-20(13-16-18-9-10-19-16)15-7-11-21(12-8-15)17(22)14-5-3-2-4-6-14/h2-6,9-10,15H,7-8,11-13H2,1H3,(H,18,19). The molecule has 0 atom stereocenters. The van der Waals surface area contributed by atoms with Gasteiger partial charge in [0.1, 0.15) is 5.82 Å². The Hall–Kier alpha value is -2.14. The number of piperidine rings is 1. The number of carbonyl (C=O) groups excluding carboxylic acids is 1. The first-order valence-electron chi connectivity index (χ1n) is 7.77. The van der Waals surface area contributed by atoms with Crippen molar-refractivity contribution in [2.24, 2.45) is 0 Å². The van der Waals surface area contributed by atoms with E-state index in [0.29, 0.717) is 6.04 Å². The van der Waals surface area contributed by atoms with Crippen LogP contribution in [0.2, 0.25) is 0 Å². The average molecular weight is 298 g/mol. The Balaban J connectivity index is 1.53. The fourth-order valence-electron chi connectivity index (χ4n) is 3.02. The van der Waals surface area contributed by atoms with Gasteiger partial charge in [0.15, 0.2) is 0 Å². The molecule has 5 nitrogen and oxygen atoms in total. The van der Waals surface area contributed by atoms with E-state index in [0.717, 1.165) is 43.9 Å². The third kappa shape index (κ3) is 3.36. The van der Waals surface area contributed by atoms with Crippen LogP contribution >= 0.6 is 0 Å². The molecule has 2 aromatic rings. The summed E-state index contributed by atoms with van der Waals surface area (Å²) in [6.45, 7) is 2.46. The number of nitrogens with zero attached hydrogens (tertiary/aromatic N) is 3. The average Bonchev–Trinajstić information content (AvgIpc) is 3.08. The molecule has 1 aromatic heterocycles. The van der Waals surface area contributed by atoms with Crippen LogP contribution < -0.4 is 0 Å². The number of imidazole rings is 1. The summed E-state index contributed by atoms with van der Waals surface area (Å²) in [5.41, 5.74) is 0.782. The Morgan fingerprint density at radius 1 is 1.32 bits per heavy atom. The molecule has 22 heavy (non-hydrogen) atoms. The van der Waals surface area contributed by atoms with Gasteiger partial charge in [0.05, 0.1) is 6.54 Å². The van der Waals surface area contributed by atoms with E-state index in [-0.39, 0.29) is 5.91 Å². The fourth-order valence-corrected chi connectivity index (χ4v) is 3.02. The predicted molar refractivity (Wildman–Crippen MR) is 85.4 cm³/mol. The maximum absolute atomic E-state index is 12.4. The van der Waals surface area contributed by atoms with E-state index in [9.17, 15) is 4.79 Å². The minimum atomic E-state index is 0.146. The molecule has 1 aromatic carbocycles. The summed E-state index contributed by atoms with van der Waals surface area (Å²) in [6.07, 6.45) is 5.65. The van der Waals surface area contributed by atoms with E-state index in [1.165, 1.54) is 0 Å². The van der Waals surface area contributed by atoms with Gasteiger partial charge in [-0.25, -0.2) is 4.98 Å². The van der Waals surface area contributed by atoms with Crippen molar-refractivity contribution >= 4 is 5.91 Å². The van der Waals surface area contributed by atoms with Gasteiger partial charge in [0, 0.05) is 37.1 Å². The van der Waals surface area contributed by atoms with Crippen molar-refractivity contribution in [3.05, 3.63) is 54.1 Å². The van der Waals surface area contributed by atoms with Gasteiger partial charge in [-0.3, -0.25) is 9.69 Å². The summed E-state index contributed by atoms with van der Waals surface area (Å²) in [5, 5.41) is 0. The van der Waals surface area contributed by atoms with Gasteiger partial charge >= 0.3 is 0 Å². The second kappa shape index (κ2) is 6.75. The lowest BCUT2D eigenvalue weighted by atomic mass is 10.0. The van der Waals surface area contributed by atoms with Crippen LogP contribution in [0.15, 0.2) is 42.7 Å². The maximum Gasteiger partial charge on any atom is 0.253 e. The number of aromatic amines is 1. The zero-order valence-electron chi connectivity index (χ0n) is 12.9. The van der Waals surface area contributed by atoms with Crippen molar-refractivity contribution in [1.82, 2.24) is 19.8 Å². The first kappa shape index (κ1) is 14.8. The molecule has 0 saturated carbocycles. The van der Waals surface area contributed by atoms with Crippen LogP contribution in [0.4, 0.5) is 0 Å². The van der Waals surface area contributed by atoms with Crippen LogP contribution in [-0.4, -0.2) is 51.9 Å². The van der Waals surface area contributed by atoms with E-state index in [4.69, 9.17) is 0 Å². The second-order valence-electron chi connectivity index (χ2n) is 5.84. The summed E-state index contributed by atoms with van der Waals surface area (Å²) in [6, 6.07) is 10.0. The Labute approximate surface area is 131 Å². The topological polar surface area (TPSA) is 52.2 Å². The minimum absolute atomic E-state index is 0.146. The Morgan fingerprint density at radius 3 is 2.68 bits per heavy atom. The van der Waals surface area contributed by atoms with Crippen LogP contribution in [0.25, 0.3) is 0 Å². The number of amides is 1. The van der Waals surface area contributed by atoms with Gasteiger partial charge in [0.2, 0.25) is 0 Å². The number of hydrogen-bond acceptors (Lipinski definition) is 3. The predicted octanol–water partition coefficient (Wildman–Crippen LogP) is 2.15. The SMILES string of the molecule is CN(Cc1ncc[nH]1)C1CCN(C(=O)c2ccccc2)CC1. The van der Waals surface area contributed by atoms with Crippen LogP contribution in [-0.2, 0) is 6.54 Å². The Kier molecular flexibility index (Phi) is 4.53. The molecule has 0 bridgehead atoms. The molecular formula is C17H22N4O. The molecule has 1 aliphatic heterocycles. The Morgan fingerprint density at radius 2 is 2.05 bits per heavy atom. The van der Waals surface area contributed by atoms with Crippen LogP contribution in [0.5, 0.6) is 0 Å². The van der Waals surface area contributed by atoms with Gasteiger partial charge in [-0.15, -0.1) is 0 Å². The van der Waals surface area contributed by atoms with Crippen molar-refractivity contribution in [1.29, 1.82) is 0 Å². The summed E-state index contributed by atoms with van der Waals surface area (Å²) in [7, 11) is 2.13. The molecule has 1 fully saturated rings. The number of aromatic nitrogens is 2. The highest BCUT2D eigenvalue weighted by Crippen LogP contribution is 2.18. The number of H-pyrrole nitrogens is 1. The number of nitrogens with one attached hydrogen (secondary N) is 1. The molecule has 1 N–H and O–H groups in total. The molecule has 116 valence electrons. The van der Waals surface area contributed by atoms with Crippen molar-refractivity contribution in [3.8, 4) is 0 Å². The molecule has 0 aliphatic carbocycles. The zero-order chi connectivity index (χ0) is 15.4. The summed E-state index contributed by atoms with van der Waals surface area (Å²) >= 11 is 0. The smallest absolute Gasteiger partial charge is 0.253 e. The number of carbonyl (C=O) groups is 1. The third-order valence-corrected chi connectivity index (χ3v) is 4.35. The number of likely N-dealkylation sites (tertiary alicyclic amines) is 1. The summed E-state index contributed by atoms with van der Waals surface area (Å²) in [4.78, 5) is 24.1. The molecule has 3 rings (SSSR count). The van der Waals surface area contributed by atoms with Gasteiger partial charge in [-0.2, -0.15) is 0 Å². The molecule has 1 aliphatic rings. The molecule has 1 amide bonds. The van der Waals surface area contributed by atoms with Crippen molar-refractivity contribution in [2.75, 3.05) is 20.1 Å². The van der Waals surface area contributed by atoms with E-state index in [2.05, 4.69) is 21.9 Å². The van der Waals surface area contributed by atoms with Crippen LogP contribution in [0.3, 0.4) is 0 Å². The fraction of sp³-hybridized carbons (Fsp3) is 0.412. The first-order chi connectivity index (χ1) is 10.7. The quantitative estimate of drug-likeness (QED) is 0.941. The van der Waals surface area contributed by atoms with Crippen molar-refractivity contribution in [2.45, 2.75) is 25.4 Å². The van der Waals surface area contributed by atoms with E-state index < -0.39 is 0 Å². The van der Waals surface area contributed by atoms with E-state index in [1.54, 1.807) is 6.20 Å². The molecule has 1 saturated heterocycles. The molecular weight excluding hydrogens is 276 g/mol. The first-order valence-corrected chi connectivity index (χ1v) is 7.77. The number of rotatable bonds is 4. The molecule has 2 heterocycles. The zero-order valence-corrected chi connectivity index (χ0v) is 12.9. The molecule has 0 radical (unpaired) electrons. The normalized spacial score (nSPS) is 16.2. The lowest BCUT2D eigenvalue weighted by Crippen LogP contribution is -2.45. The lowest BCUT2D eigenvalue weighted by Gasteiger charge is -2.36. The number of benzene rings is 1. The highest BCUT2D eigenvalue weighted by Gasteiger charge is 2.26. The van der Waals surface area contributed by atoms with Crippen molar-refractivity contribution < 1.29 is 4.79 Å². The molecule has 0 unspecified atom stereocenters. The largest absolute Gasteiger partial charge is 0.348 e. The van der Waals surface area contributed by atoms with Gasteiger partial charge in [-0.1, -0.05) is 18.2 Å². The molecule has 0 spiro atoms.